The van der Waals surface area contributed by atoms with Gasteiger partial charge in [-0.3, -0.25) is 0 Å². The SMILES string of the molecule is C[C@H](CNc1ccc2cc(S(=O)(=O)N3CCCC3)ccc2n1)c1ccccc1. The van der Waals surface area contributed by atoms with Crippen molar-refractivity contribution in [1.82, 2.24) is 9.29 Å². The van der Waals surface area contributed by atoms with Gasteiger partial charge >= 0.3 is 0 Å². The molecule has 146 valence electrons. The fourth-order valence-electron chi connectivity index (χ4n) is 3.60. The predicted octanol–water partition coefficient (Wildman–Crippen LogP) is 4.23. The molecule has 0 amide bonds. The van der Waals surface area contributed by atoms with Crippen LogP contribution in [0.4, 0.5) is 5.82 Å². The minimum atomic E-state index is -3.40. The maximum absolute atomic E-state index is 12.8. The number of benzene rings is 2. The fourth-order valence-corrected chi connectivity index (χ4v) is 5.15. The summed E-state index contributed by atoms with van der Waals surface area (Å²) in [5.41, 5.74) is 2.07. The van der Waals surface area contributed by atoms with Crippen LogP contribution in [0.1, 0.15) is 31.2 Å². The second kappa shape index (κ2) is 7.89. The van der Waals surface area contributed by atoms with E-state index in [0.717, 1.165) is 36.1 Å². The first-order valence-corrected chi connectivity index (χ1v) is 11.2. The number of nitrogens with zero attached hydrogens (tertiary/aromatic N) is 2. The van der Waals surface area contributed by atoms with Crippen molar-refractivity contribution in [3.8, 4) is 0 Å². The summed E-state index contributed by atoms with van der Waals surface area (Å²) in [7, 11) is -3.40. The van der Waals surface area contributed by atoms with Crippen molar-refractivity contribution in [3.05, 3.63) is 66.2 Å². The van der Waals surface area contributed by atoms with Gasteiger partial charge in [-0.1, -0.05) is 37.3 Å². The van der Waals surface area contributed by atoms with Gasteiger partial charge in [0.05, 0.1) is 10.4 Å². The van der Waals surface area contributed by atoms with Crippen LogP contribution in [0, 0.1) is 0 Å². The molecule has 1 N–H and O–H groups in total. The summed E-state index contributed by atoms with van der Waals surface area (Å²) in [4.78, 5) is 4.99. The maximum Gasteiger partial charge on any atom is 0.243 e. The first kappa shape index (κ1) is 18.9. The lowest BCUT2D eigenvalue weighted by molar-refractivity contribution is 0.477. The van der Waals surface area contributed by atoms with E-state index < -0.39 is 10.0 Å². The number of sulfonamides is 1. The zero-order valence-electron chi connectivity index (χ0n) is 16.0. The molecule has 4 rings (SSSR count). The first-order valence-electron chi connectivity index (χ1n) is 9.74. The number of hydrogen-bond donors (Lipinski definition) is 1. The van der Waals surface area contributed by atoms with E-state index in [2.05, 4.69) is 29.4 Å². The quantitative estimate of drug-likeness (QED) is 0.678. The van der Waals surface area contributed by atoms with Crippen molar-refractivity contribution in [1.29, 1.82) is 0 Å². The van der Waals surface area contributed by atoms with Crippen LogP contribution in [0.2, 0.25) is 0 Å². The monoisotopic (exact) mass is 395 g/mol. The molecule has 1 saturated heterocycles. The summed E-state index contributed by atoms with van der Waals surface area (Å²) < 4.78 is 27.1. The highest BCUT2D eigenvalue weighted by molar-refractivity contribution is 7.89. The van der Waals surface area contributed by atoms with Crippen LogP contribution >= 0.6 is 0 Å². The van der Waals surface area contributed by atoms with Gasteiger partial charge in [0.2, 0.25) is 10.0 Å². The lowest BCUT2D eigenvalue weighted by Crippen LogP contribution is -2.27. The number of aromatic nitrogens is 1. The zero-order chi connectivity index (χ0) is 19.6. The van der Waals surface area contributed by atoms with Gasteiger partial charge < -0.3 is 5.32 Å². The van der Waals surface area contributed by atoms with Crippen molar-refractivity contribution in [2.24, 2.45) is 0 Å². The molecule has 0 saturated carbocycles. The summed E-state index contributed by atoms with van der Waals surface area (Å²) in [6.45, 7) is 4.19. The number of nitrogens with one attached hydrogen (secondary N) is 1. The highest BCUT2D eigenvalue weighted by atomic mass is 32.2. The number of pyridine rings is 1. The van der Waals surface area contributed by atoms with Crippen LogP contribution in [-0.2, 0) is 10.0 Å². The Kier molecular flexibility index (Phi) is 5.33. The van der Waals surface area contributed by atoms with Gasteiger partial charge in [0, 0.05) is 25.0 Å². The molecule has 28 heavy (non-hydrogen) atoms. The molecule has 0 unspecified atom stereocenters. The molecule has 0 radical (unpaired) electrons. The molecule has 1 aromatic heterocycles. The Hall–Kier alpha value is -2.44. The molecular weight excluding hydrogens is 370 g/mol. The van der Waals surface area contributed by atoms with Crippen molar-refractivity contribution in [3.63, 3.8) is 0 Å². The highest BCUT2D eigenvalue weighted by Gasteiger charge is 2.27. The molecule has 1 atom stereocenters. The normalized spacial score (nSPS) is 16.3. The van der Waals surface area contributed by atoms with Crippen LogP contribution in [0.15, 0.2) is 65.6 Å². The topological polar surface area (TPSA) is 62.3 Å². The van der Waals surface area contributed by atoms with E-state index in [1.165, 1.54) is 5.56 Å². The van der Waals surface area contributed by atoms with Crippen LogP contribution in [-0.4, -0.2) is 37.3 Å². The van der Waals surface area contributed by atoms with E-state index in [1.54, 1.807) is 22.5 Å². The van der Waals surface area contributed by atoms with Crippen LogP contribution in [0.25, 0.3) is 10.9 Å². The summed E-state index contributed by atoms with van der Waals surface area (Å²) in [5.74, 6) is 1.16. The maximum atomic E-state index is 12.8. The molecule has 2 heterocycles. The van der Waals surface area contributed by atoms with Gasteiger partial charge in [-0.2, -0.15) is 4.31 Å². The Morgan fingerprint density at radius 1 is 1.04 bits per heavy atom. The molecule has 0 bridgehead atoms. The number of anilines is 1. The van der Waals surface area contributed by atoms with Gasteiger partial charge in [0.25, 0.3) is 0 Å². The van der Waals surface area contributed by atoms with Crippen LogP contribution < -0.4 is 5.32 Å². The highest BCUT2D eigenvalue weighted by Crippen LogP contribution is 2.25. The van der Waals surface area contributed by atoms with Crippen molar-refractivity contribution in [2.45, 2.75) is 30.6 Å². The van der Waals surface area contributed by atoms with E-state index >= 15 is 0 Å². The van der Waals surface area contributed by atoms with Gasteiger partial charge in [0.15, 0.2) is 0 Å². The van der Waals surface area contributed by atoms with Gasteiger partial charge in [-0.15, -0.1) is 0 Å². The Morgan fingerprint density at radius 2 is 1.79 bits per heavy atom. The molecule has 3 aromatic rings. The Balaban J connectivity index is 1.50. The molecule has 5 nitrogen and oxygen atoms in total. The third kappa shape index (κ3) is 3.88. The van der Waals surface area contributed by atoms with Crippen molar-refractivity contribution >= 4 is 26.7 Å². The molecular formula is C22H25N3O2S. The number of rotatable bonds is 6. The Labute approximate surface area is 166 Å². The van der Waals surface area contributed by atoms with E-state index in [-0.39, 0.29) is 0 Å². The van der Waals surface area contributed by atoms with Gasteiger partial charge in [-0.05, 0) is 54.7 Å². The van der Waals surface area contributed by atoms with Crippen molar-refractivity contribution in [2.75, 3.05) is 25.0 Å². The molecule has 6 heteroatoms. The smallest absolute Gasteiger partial charge is 0.243 e. The molecule has 1 aliphatic heterocycles. The van der Waals surface area contributed by atoms with Gasteiger partial charge in [-0.25, -0.2) is 13.4 Å². The largest absolute Gasteiger partial charge is 0.369 e. The average molecular weight is 396 g/mol. The first-order chi connectivity index (χ1) is 13.5. The lowest BCUT2D eigenvalue weighted by atomic mass is 10.0. The third-order valence-electron chi connectivity index (χ3n) is 5.32. The molecule has 0 spiro atoms. The summed E-state index contributed by atoms with van der Waals surface area (Å²) >= 11 is 0. The van der Waals surface area contributed by atoms with E-state index in [9.17, 15) is 8.42 Å². The summed E-state index contributed by atoms with van der Waals surface area (Å²) in [5, 5.41) is 4.22. The summed E-state index contributed by atoms with van der Waals surface area (Å²) in [6.07, 6.45) is 1.87. The minimum Gasteiger partial charge on any atom is -0.369 e. The predicted molar refractivity (Wildman–Crippen MR) is 113 cm³/mol. The Morgan fingerprint density at radius 3 is 2.54 bits per heavy atom. The van der Waals surface area contributed by atoms with Crippen LogP contribution in [0.5, 0.6) is 0 Å². The second-order valence-electron chi connectivity index (χ2n) is 7.35. The molecule has 2 aromatic carbocycles. The second-order valence-corrected chi connectivity index (χ2v) is 9.29. The third-order valence-corrected chi connectivity index (χ3v) is 7.22. The minimum absolute atomic E-state index is 0.349. The Bertz CT molecular complexity index is 1060. The van der Waals surface area contributed by atoms with E-state index in [4.69, 9.17) is 0 Å². The van der Waals surface area contributed by atoms with Crippen molar-refractivity contribution < 1.29 is 8.42 Å². The van der Waals surface area contributed by atoms with Gasteiger partial charge in [0.1, 0.15) is 5.82 Å². The summed E-state index contributed by atoms with van der Waals surface area (Å²) in [6, 6.07) is 19.4. The molecule has 1 fully saturated rings. The number of fused-ring (bicyclic) bond motifs is 1. The van der Waals surface area contributed by atoms with Crippen LogP contribution in [0.3, 0.4) is 0 Å². The average Bonchev–Trinajstić information content (AvgIpc) is 3.28. The fraction of sp³-hybridized carbons (Fsp3) is 0.318. The number of hydrogen-bond acceptors (Lipinski definition) is 4. The molecule has 0 aliphatic carbocycles. The lowest BCUT2D eigenvalue weighted by Gasteiger charge is -2.16. The zero-order valence-corrected chi connectivity index (χ0v) is 16.8. The molecule has 1 aliphatic rings. The van der Waals surface area contributed by atoms with E-state index in [1.807, 2.05) is 30.3 Å². The standard InChI is InChI=1S/C22H25N3O2S/c1-17(18-7-3-2-4-8-18)16-23-22-12-9-19-15-20(10-11-21(19)24-22)28(26,27)25-13-5-6-14-25/h2-4,7-12,15,17H,5-6,13-14,16H2,1H3,(H,23,24)/t17-/m1/s1. The van der Waals surface area contributed by atoms with E-state index in [0.29, 0.717) is 23.9 Å².